The number of hydrogen-bond donors (Lipinski definition) is 1. The van der Waals surface area contributed by atoms with Gasteiger partial charge in [0.25, 0.3) is 15.6 Å². The molecule has 1 N–H and O–H groups in total. The van der Waals surface area contributed by atoms with Gasteiger partial charge in [0, 0.05) is 12.6 Å². The Kier molecular flexibility index (Phi) is 7.19. The smallest absolute Gasteiger partial charge is 0.272 e. The predicted molar refractivity (Wildman–Crippen MR) is 105 cm³/mol. The zero-order valence-electron chi connectivity index (χ0n) is 15.6. The van der Waals surface area contributed by atoms with Crippen molar-refractivity contribution in [3.63, 3.8) is 0 Å². The number of aryl methyl sites for hydroxylation is 1. The van der Waals surface area contributed by atoms with Gasteiger partial charge < -0.3 is 0 Å². The minimum absolute atomic E-state index is 0.0305. The number of nitrogens with zero attached hydrogens (tertiary/aromatic N) is 1. The quantitative estimate of drug-likeness (QED) is 0.583. The summed E-state index contributed by atoms with van der Waals surface area (Å²) in [7, 11) is -4.10. The normalized spacial score (nSPS) is 11.0. The molecule has 27 heavy (non-hydrogen) atoms. The van der Waals surface area contributed by atoms with Crippen LogP contribution in [0.5, 0.6) is 0 Å². The first kappa shape index (κ1) is 20.7. The molecule has 1 aromatic heterocycles. The lowest BCUT2D eigenvalue weighted by Gasteiger charge is -2.07. The SMILES string of the molecule is CCCCCCCC#Cc1cn(S(=O)(=O)c2ccc(C)cc2)c(=O)[nH]c1=O. The van der Waals surface area contributed by atoms with Crippen LogP contribution in [0.15, 0.2) is 44.9 Å². The summed E-state index contributed by atoms with van der Waals surface area (Å²) in [6.07, 6.45) is 7.12. The van der Waals surface area contributed by atoms with Gasteiger partial charge in [-0.3, -0.25) is 9.78 Å². The minimum atomic E-state index is -4.10. The largest absolute Gasteiger partial charge is 0.342 e. The molecule has 0 unspecified atom stereocenters. The van der Waals surface area contributed by atoms with Gasteiger partial charge in [-0.25, -0.2) is 13.2 Å². The Morgan fingerprint density at radius 3 is 2.37 bits per heavy atom. The Balaban J connectivity index is 2.27. The highest BCUT2D eigenvalue weighted by Gasteiger charge is 2.19. The second kappa shape index (κ2) is 9.38. The van der Waals surface area contributed by atoms with E-state index >= 15 is 0 Å². The number of aromatic amines is 1. The molecule has 0 aliphatic carbocycles. The van der Waals surface area contributed by atoms with Gasteiger partial charge in [0.05, 0.1) is 4.90 Å². The van der Waals surface area contributed by atoms with E-state index < -0.39 is 21.3 Å². The van der Waals surface area contributed by atoms with E-state index in [9.17, 15) is 18.0 Å². The summed E-state index contributed by atoms with van der Waals surface area (Å²) in [5.74, 6) is 5.57. The Morgan fingerprint density at radius 2 is 1.70 bits per heavy atom. The third-order valence-electron chi connectivity index (χ3n) is 4.12. The molecule has 0 atom stereocenters. The lowest BCUT2D eigenvalue weighted by Crippen LogP contribution is -2.35. The van der Waals surface area contributed by atoms with E-state index in [0.29, 0.717) is 10.4 Å². The number of unbranched alkanes of at least 4 members (excludes halogenated alkanes) is 5. The highest BCUT2D eigenvalue weighted by Crippen LogP contribution is 2.12. The minimum Gasteiger partial charge on any atom is -0.272 e. The van der Waals surface area contributed by atoms with Crippen molar-refractivity contribution in [2.24, 2.45) is 0 Å². The molecule has 2 rings (SSSR count). The van der Waals surface area contributed by atoms with Gasteiger partial charge in [0.2, 0.25) is 0 Å². The molecule has 7 heteroatoms. The van der Waals surface area contributed by atoms with E-state index in [1.54, 1.807) is 12.1 Å². The fraction of sp³-hybridized carbons (Fsp3) is 0.400. The summed E-state index contributed by atoms with van der Waals surface area (Å²) >= 11 is 0. The summed E-state index contributed by atoms with van der Waals surface area (Å²) < 4.78 is 25.9. The van der Waals surface area contributed by atoms with Crippen LogP contribution in [0.1, 0.15) is 56.6 Å². The Bertz CT molecular complexity index is 1050. The third-order valence-corrected chi connectivity index (χ3v) is 5.77. The molecule has 144 valence electrons. The van der Waals surface area contributed by atoms with Crippen LogP contribution in [-0.4, -0.2) is 17.4 Å². The molecule has 0 amide bonds. The maximum atomic E-state index is 12.7. The van der Waals surface area contributed by atoms with Gasteiger partial charge in [-0.05, 0) is 25.5 Å². The van der Waals surface area contributed by atoms with Crippen molar-refractivity contribution >= 4 is 10.0 Å². The maximum absolute atomic E-state index is 12.7. The van der Waals surface area contributed by atoms with E-state index in [1.165, 1.54) is 18.6 Å². The van der Waals surface area contributed by atoms with Crippen molar-refractivity contribution in [1.29, 1.82) is 0 Å². The molecule has 1 heterocycles. The average Bonchev–Trinajstić information content (AvgIpc) is 2.62. The van der Waals surface area contributed by atoms with Crippen molar-refractivity contribution in [2.75, 3.05) is 0 Å². The maximum Gasteiger partial charge on any atom is 0.342 e. The summed E-state index contributed by atoms with van der Waals surface area (Å²) in [4.78, 5) is 26.0. The third kappa shape index (κ3) is 5.44. The number of H-pyrrole nitrogens is 1. The number of rotatable bonds is 7. The monoisotopic (exact) mass is 388 g/mol. The lowest BCUT2D eigenvalue weighted by atomic mass is 10.1. The van der Waals surface area contributed by atoms with Crippen LogP contribution < -0.4 is 11.2 Å². The molecule has 0 bridgehead atoms. The lowest BCUT2D eigenvalue weighted by molar-refractivity contribution is 0.583. The van der Waals surface area contributed by atoms with Crippen molar-refractivity contribution in [3.05, 3.63) is 62.4 Å². The molecule has 0 radical (unpaired) electrons. The zero-order chi connectivity index (χ0) is 19.9. The van der Waals surface area contributed by atoms with Gasteiger partial charge in [0.15, 0.2) is 0 Å². The zero-order valence-corrected chi connectivity index (χ0v) is 16.4. The first-order valence-corrected chi connectivity index (χ1v) is 10.5. The fourth-order valence-corrected chi connectivity index (χ4v) is 3.74. The molecular weight excluding hydrogens is 364 g/mol. The van der Waals surface area contributed by atoms with Gasteiger partial charge >= 0.3 is 5.69 Å². The van der Waals surface area contributed by atoms with Crippen LogP contribution in [0.3, 0.4) is 0 Å². The molecule has 6 nitrogen and oxygen atoms in total. The predicted octanol–water partition coefficient (Wildman–Crippen LogP) is 2.79. The Morgan fingerprint density at radius 1 is 1.04 bits per heavy atom. The molecule has 0 fully saturated rings. The fourth-order valence-electron chi connectivity index (χ4n) is 2.52. The van der Waals surface area contributed by atoms with E-state index in [2.05, 4.69) is 18.8 Å². The summed E-state index contributed by atoms with van der Waals surface area (Å²) in [6.45, 7) is 3.98. The van der Waals surface area contributed by atoms with Crippen LogP contribution in [0.2, 0.25) is 0 Å². The molecule has 0 saturated heterocycles. The van der Waals surface area contributed by atoms with Crippen LogP contribution in [-0.2, 0) is 10.0 Å². The molecule has 2 aromatic rings. The Hall–Kier alpha value is -2.59. The second-order valence-electron chi connectivity index (χ2n) is 6.38. The van der Waals surface area contributed by atoms with Crippen molar-refractivity contribution in [1.82, 2.24) is 8.96 Å². The number of aromatic nitrogens is 2. The summed E-state index contributed by atoms with van der Waals surface area (Å²) in [5.41, 5.74) is -0.841. The van der Waals surface area contributed by atoms with Crippen LogP contribution in [0, 0.1) is 18.8 Å². The highest BCUT2D eigenvalue weighted by molar-refractivity contribution is 7.90. The first-order valence-electron chi connectivity index (χ1n) is 9.03. The van der Waals surface area contributed by atoms with Gasteiger partial charge in [-0.1, -0.05) is 62.1 Å². The van der Waals surface area contributed by atoms with Crippen molar-refractivity contribution < 1.29 is 8.42 Å². The van der Waals surface area contributed by atoms with Crippen LogP contribution >= 0.6 is 0 Å². The van der Waals surface area contributed by atoms with E-state index in [-0.39, 0.29) is 10.5 Å². The molecular formula is C20H24N2O4S. The first-order chi connectivity index (χ1) is 12.9. The highest BCUT2D eigenvalue weighted by atomic mass is 32.2. The summed E-state index contributed by atoms with van der Waals surface area (Å²) in [5, 5.41) is 0. The molecule has 0 aliphatic heterocycles. The molecule has 0 spiro atoms. The molecule has 1 aromatic carbocycles. The van der Waals surface area contributed by atoms with Gasteiger partial charge in [-0.15, -0.1) is 0 Å². The second-order valence-corrected chi connectivity index (χ2v) is 8.20. The molecule has 0 aliphatic rings. The van der Waals surface area contributed by atoms with Crippen molar-refractivity contribution in [2.45, 2.75) is 57.3 Å². The van der Waals surface area contributed by atoms with E-state index in [4.69, 9.17) is 0 Å². The van der Waals surface area contributed by atoms with Gasteiger partial charge in [0.1, 0.15) is 5.56 Å². The number of nitrogens with one attached hydrogen (secondary N) is 1. The topological polar surface area (TPSA) is 89.0 Å². The number of hydrogen-bond acceptors (Lipinski definition) is 4. The number of benzene rings is 1. The van der Waals surface area contributed by atoms with Crippen molar-refractivity contribution in [3.8, 4) is 11.8 Å². The standard InChI is InChI=1S/C20H24N2O4S/c1-3-4-5-6-7-8-9-10-17-15-22(20(24)21-19(17)23)27(25,26)18-13-11-16(2)12-14-18/h11-15H,3-8H2,1-2H3,(H,21,23,24). The van der Waals surface area contributed by atoms with Gasteiger partial charge in [-0.2, -0.15) is 3.97 Å². The van der Waals surface area contributed by atoms with E-state index in [0.717, 1.165) is 37.4 Å². The van der Waals surface area contributed by atoms with Crippen LogP contribution in [0.4, 0.5) is 0 Å². The van der Waals surface area contributed by atoms with E-state index in [1.807, 2.05) is 11.9 Å². The average molecular weight is 388 g/mol. The van der Waals surface area contributed by atoms with Crippen LogP contribution in [0.25, 0.3) is 0 Å². The molecule has 0 saturated carbocycles. The summed E-state index contributed by atoms with van der Waals surface area (Å²) in [6, 6.07) is 6.12. The Labute approximate surface area is 159 Å².